The van der Waals surface area contributed by atoms with Crippen LogP contribution in [0.15, 0.2) is 30.5 Å². The molecular weight excluding hydrogens is 280 g/mol. The molecule has 0 aliphatic carbocycles. The summed E-state index contributed by atoms with van der Waals surface area (Å²) in [5.41, 5.74) is 1.05. The van der Waals surface area contributed by atoms with Crippen molar-refractivity contribution in [3.8, 4) is 5.75 Å². The Morgan fingerprint density at radius 1 is 1.19 bits per heavy atom. The quantitative estimate of drug-likeness (QED) is 0.799. The molecule has 114 valence electrons. The molecule has 2 heterocycles. The van der Waals surface area contributed by atoms with Gasteiger partial charge in [-0.3, -0.25) is 4.98 Å². The van der Waals surface area contributed by atoms with E-state index < -0.39 is 0 Å². The lowest BCUT2D eigenvalue weighted by atomic mass is 10.2. The monoisotopic (exact) mass is 304 g/mol. The second-order valence-corrected chi connectivity index (χ2v) is 6.77. The zero-order chi connectivity index (χ0) is 15.1. The van der Waals surface area contributed by atoms with Crippen LogP contribution in [0.1, 0.15) is 36.2 Å². The first kappa shape index (κ1) is 16.0. The number of hydrogen-bond donors (Lipinski definition) is 1. The molecule has 0 bridgehead atoms. The molecule has 21 heavy (non-hydrogen) atoms. The minimum atomic E-state index is 0.622. The van der Waals surface area contributed by atoms with E-state index in [4.69, 9.17) is 4.74 Å². The van der Waals surface area contributed by atoms with Crippen molar-refractivity contribution in [2.45, 2.75) is 40.3 Å². The summed E-state index contributed by atoms with van der Waals surface area (Å²) in [7, 11) is 0. The average molecular weight is 304 g/mol. The van der Waals surface area contributed by atoms with Crippen molar-refractivity contribution >= 4 is 11.3 Å². The Morgan fingerprint density at radius 2 is 2.00 bits per heavy atom. The van der Waals surface area contributed by atoms with Crippen LogP contribution in [0.2, 0.25) is 0 Å². The Hall–Kier alpha value is -1.39. The summed E-state index contributed by atoms with van der Waals surface area (Å²) < 4.78 is 5.78. The molecule has 0 radical (unpaired) electrons. The molecule has 3 nitrogen and oxygen atoms in total. The van der Waals surface area contributed by atoms with E-state index in [0.717, 1.165) is 31.0 Å². The maximum atomic E-state index is 5.78. The largest absolute Gasteiger partial charge is 0.486 e. The zero-order valence-electron chi connectivity index (χ0n) is 13.1. The van der Waals surface area contributed by atoms with Crippen LogP contribution in [-0.2, 0) is 19.6 Å². The number of hydrogen-bond acceptors (Lipinski definition) is 4. The Kier molecular flexibility index (Phi) is 6.21. The van der Waals surface area contributed by atoms with Crippen LogP contribution in [-0.4, -0.2) is 11.5 Å². The first-order valence-electron chi connectivity index (χ1n) is 7.53. The smallest absolute Gasteiger partial charge is 0.138 e. The topological polar surface area (TPSA) is 34.1 Å². The second kappa shape index (κ2) is 8.15. The Labute approximate surface area is 131 Å². The molecule has 0 spiro atoms. The molecule has 2 rings (SSSR count). The number of ether oxygens (including phenoxy) is 1. The lowest BCUT2D eigenvalue weighted by Crippen LogP contribution is -2.19. The Morgan fingerprint density at radius 3 is 2.62 bits per heavy atom. The molecular formula is C17H24N2OS. The lowest BCUT2D eigenvalue weighted by molar-refractivity contribution is 0.308. The van der Waals surface area contributed by atoms with Gasteiger partial charge in [-0.25, -0.2) is 0 Å². The Balaban J connectivity index is 1.79. The van der Waals surface area contributed by atoms with Crippen LogP contribution < -0.4 is 10.1 Å². The summed E-state index contributed by atoms with van der Waals surface area (Å²) in [6.07, 6.45) is 2.89. The SMILES string of the molecule is CCc1ccc(COc2ccc(CNCC(C)C)nc2)s1. The van der Waals surface area contributed by atoms with Crippen molar-refractivity contribution in [2.75, 3.05) is 6.54 Å². The van der Waals surface area contributed by atoms with Gasteiger partial charge in [-0.2, -0.15) is 0 Å². The highest BCUT2D eigenvalue weighted by molar-refractivity contribution is 7.11. The molecule has 4 heteroatoms. The molecule has 2 aromatic heterocycles. The van der Waals surface area contributed by atoms with E-state index in [1.807, 2.05) is 23.5 Å². The predicted octanol–water partition coefficient (Wildman–Crippen LogP) is 4.03. The summed E-state index contributed by atoms with van der Waals surface area (Å²) in [6.45, 7) is 9.02. The standard InChI is InChI=1S/C17H24N2OS/c1-4-16-7-8-17(21-16)12-20-15-6-5-14(19-11-15)10-18-9-13(2)3/h5-8,11,13,18H,4,9-10,12H2,1-3H3. The summed E-state index contributed by atoms with van der Waals surface area (Å²) in [6, 6.07) is 8.33. The highest BCUT2D eigenvalue weighted by atomic mass is 32.1. The van der Waals surface area contributed by atoms with Crippen molar-refractivity contribution in [1.29, 1.82) is 0 Å². The first-order valence-corrected chi connectivity index (χ1v) is 8.35. The normalized spacial score (nSPS) is 11.0. The van der Waals surface area contributed by atoms with E-state index in [1.54, 1.807) is 6.20 Å². The van der Waals surface area contributed by atoms with Gasteiger partial charge in [-0.15, -0.1) is 11.3 Å². The van der Waals surface area contributed by atoms with Gasteiger partial charge in [0.05, 0.1) is 11.9 Å². The van der Waals surface area contributed by atoms with Crippen molar-refractivity contribution in [1.82, 2.24) is 10.3 Å². The third kappa shape index (κ3) is 5.48. The van der Waals surface area contributed by atoms with E-state index in [-0.39, 0.29) is 0 Å². The van der Waals surface area contributed by atoms with Gasteiger partial charge in [-0.1, -0.05) is 20.8 Å². The highest BCUT2D eigenvalue weighted by Crippen LogP contribution is 2.19. The molecule has 0 aliphatic rings. The molecule has 0 fully saturated rings. The van der Waals surface area contributed by atoms with E-state index >= 15 is 0 Å². The highest BCUT2D eigenvalue weighted by Gasteiger charge is 2.01. The minimum absolute atomic E-state index is 0.622. The summed E-state index contributed by atoms with van der Waals surface area (Å²) in [5, 5.41) is 3.39. The maximum Gasteiger partial charge on any atom is 0.138 e. The maximum absolute atomic E-state index is 5.78. The van der Waals surface area contributed by atoms with Crippen molar-refractivity contribution in [2.24, 2.45) is 5.92 Å². The molecule has 0 saturated heterocycles. The van der Waals surface area contributed by atoms with Crippen LogP contribution in [0.25, 0.3) is 0 Å². The number of rotatable bonds is 8. The van der Waals surface area contributed by atoms with E-state index in [2.05, 4.69) is 43.2 Å². The fourth-order valence-electron chi connectivity index (χ4n) is 1.93. The van der Waals surface area contributed by atoms with Gasteiger partial charge >= 0.3 is 0 Å². The third-order valence-electron chi connectivity index (χ3n) is 3.10. The van der Waals surface area contributed by atoms with Gasteiger partial charge < -0.3 is 10.1 Å². The van der Waals surface area contributed by atoms with Crippen molar-refractivity contribution in [3.05, 3.63) is 45.9 Å². The summed E-state index contributed by atoms with van der Waals surface area (Å²) >= 11 is 1.81. The first-order chi connectivity index (χ1) is 10.2. The molecule has 0 unspecified atom stereocenters. The van der Waals surface area contributed by atoms with Crippen molar-refractivity contribution in [3.63, 3.8) is 0 Å². The van der Waals surface area contributed by atoms with Crippen LogP contribution in [0.5, 0.6) is 5.75 Å². The van der Waals surface area contributed by atoms with E-state index in [9.17, 15) is 0 Å². The van der Waals surface area contributed by atoms with E-state index in [0.29, 0.717) is 12.5 Å². The third-order valence-corrected chi connectivity index (χ3v) is 4.31. The fraction of sp³-hybridized carbons (Fsp3) is 0.471. The zero-order valence-corrected chi connectivity index (χ0v) is 13.9. The lowest BCUT2D eigenvalue weighted by Gasteiger charge is -2.08. The number of nitrogens with one attached hydrogen (secondary N) is 1. The molecule has 2 aromatic rings. The van der Waals surface area contributed by atoms with Gasteiger partial charge in [-0.05, 0) is 43.1 Å². The van der Waals surface area contributed by atoms with E-state index in [1.165, 1.54) is 9.75 Å². The predicted molar refractivity (Wildman–Crippen MR) is 88.8 cm³/mol. The van der Waals surface area contributed by atoms with Crippen molar-refractivity contribution < 1.29 is 4.74 Å². The summed E-state index contributed by atoms with van der Waals surface area (Å²) in [4.78, 5) is 7.09. The number of thiophene rings is 1. The van der Waals surface area contributed by atoms with Crippen LogP contribution >= 0.6 is 11.3 Å². The van der Waals surface area contributed by atoms with Gasteiger partial charge in [0.15, 0.2) is 0 Å². The van der Waals surface area contributed by atoms with Crippen LogP contribution in [0.3, 0.4) is 0 Å². The number of aryl methyl sites for hydroxylation is 1. The molecule has 0 aliphatic heterocycles. The van der Waals surface area contributed by atoms with Gasteiger partial charge in [0.1, 0.15) is 12.4 Å². The van der Waals surface area contributed by atoms with Gasteiger partial charge in [0.2, 0.25) is 0 Å². The number of pyridine rings is 1. The second-order valence-electron chi connectivity index (χ2n) is 5.52. The molecule has 1 N–H and O–H groups in total. The fourth-order valence-corrected chi connectivity index (χ4v) is 2.81. The minimum Gasteiger partial charge on any atom is -0.486 e. The molecule has 0 saturated carbocycles. The average Bonchev–Trinajstić information content (AvgIpc) is 2.94. The van der Waals surface area contributed by atoms with Crippen LogP contribution in [0, 0.1) is 5.92 Å². The van der Waals surface area contributed by atoms with Gasteiger partial charge in [0, 0.05) is 16.3 Å². The van der Waals surface area contributed by atoms with Crippen LogP contribution in [0.4, 0.5) is 0 Å². The molecule has 0 aromatic carbocycles. The Bertz CT molecular complexity index is 534. The number of aromatic nitrogens is 1. The van der Waals surface area contributed by atoms with Gasteiger partial charge in [0.25, 0.3) is 0 Å². The molecule has 0 amide bonds. The summed E-state index contributed by atoms with van der Waals surface area (Å²) in [5.74, 6) is 1.49. The molecule has 0 atom stereocenters. The number of nitrogens with zero attached hydrogens (tertiary/aromatic N) is 1.